The highest BCUT2D eigenvalue weighted by molar-refractivity contribution is 6.31. The number of fused-ring (bicyclic) bond motifs is 2. The number of benzene rings is 1. The molecule has 1 unspecified atom stereocenters. The summed E-state index contributed by atoms with van der Waals surface area (Å²) in [4.78, 5) is 8.98. The fourth-order valence-corrected chi connectivity index (χ4v) is 7.74. The van der Waals surface area contributed by atoms with Crippen LogP contribution in [0.4, 0.5) is 11.8 Å². The third-order valence-corrected chi connectivity index (χ3v) is 9.88. The Kier molecular flexibility index (Phi) is 10.7. The molecule has 2 bridgehead atoms. The molecular formula is C32H45ClN6O2. The maximum absolute atomic E-state index is 9.67. The van der Waals surface area contributed by atoms with Gasteiger partial charge in [-0.2, -0.15) is 10.2 Å². The maximum atomic E-state index is 9.67. The van der Waals surface area contributed by atoms with Crippen molar-refractivity contribution in [3.05, 3.63) is 46.6 Å². The van der Waals surface area contributed by atoms with Gasteiger partial charge in [0.1, 0.15) is 17.5 Å². The minimum absolute atomic E-state index is 0.112. The minimum Gasteiger partial charge on any atom is -0.394 e. The highest BCUT2D eigenvalue weighted by Crippen LogP contribution is 2.45. The summed E-state index contributed by atoms with van der Waals surface area (Å²) >= 11 is 6.29. The standard InChI is InChI=1S/C32H45ClN6O2/c1-21-12-23-13-24(15-26(14-23)30(21)35-17-22-6-8-28(9-7-22)41-11-10-40)18-36-31-27(16-34)20-38-32(39-31)37-19-25-4-2-3-5-29(25)33/h2-5,20-24,26,28,30,35,40H,6-15,17-19H2,1H3,(H2,36,37,38,39)/t21-,22-,23?,24-,26-,28-,30+/m1/s1. The second-order valence-electron chi connectivity index (χ2n) is 12.5. The average Bonchev–Trinajstić information content (AvgIpc) is 2.99. The fraction of sp³-hybridized carbons (Fsp3) is 0.656. The number of halogens is 1. The summed E-state index contributed by atoms with van der Waals surface area (Å²) < 4.78 is 5.76. The van der Waals surface area contributed by atoms with Crippen LogP contribution >= 0.6 is 11.6 Å². The van der Waals surface area contributed by atoms with E-state index in [9.17, 15) is 5.26 Å². The molecule has 0 aliphatic heterocycles. The molecule has 222 valence electrons. The van der Waals surface area contributed by atoms with Gasteiger partial charge in [0.05, 0.1) is 25.5 Å². The number of aromatic nitrogens is 2. The molecule has 0 radical (unpaired) electrons. The van der Waals surface area contributed by atoms with Crippen LogP contribution in [0.15, 0.2) is 30.5 Å². The smallest absolute Gasteiger partial charge is 0.224 e. The Morgan fingerprint density at radius 1 is 1.05 bits per heavy atom. The van der Waals surface area contributed by atoms with Crippen LogP contribution in [0.1, 0.15) is 69.4 Å². The fourth-order valence-electron chi connectivity index (χ4n) is 7.54. The van der Waals surface area contributed by atoms with Gasteiger partial charge in [0.2, 0.25) is 5.95 Å². The summed E-state index contributed by atoms with van der Waals surface area (Å²) in [5.74, 6) is 4.55. The summed E-state index contributed by atoms with van der Waals surface area (Å²) in [5, 5.41) is 30.2. The van der Waals surface area contributed by atoms with Crippen molar-refractivity contribution in [3.63, 3.8) is 0 Å². The number of hydrogen-bond acceptors (Lipinski definition) is 8. The first-order valence-electron chi connectivity index (χ1n) is 15.5. The molecule has 1 heterocycles. The van der Waals surface area contributed by atoms with E-state index in [0.29, 0.717) is 65.4 Å². The van der Waals surface area contributed by atoms with E-state index in [0.717, 1.165) is 43.3 Å². The first-order valence-corrected chi connectivity index (χ1v) is 15.8. The second-order valence-corrected chi connectivity index (χ2v) is 12.9. The Balaban J connectivity index is 1.13. The van der Waals surface area contributed by atoms with Gasteiger partial charge >= 0.3 is 0 Å². The van der Waals surface area contributed by atoms with E-state index < -0.39 is 0 Å². The Labute approximate surface area is 249 Å². The lowest BCUT2D eigenvalue weighted by atomic mass is 9.62. The predicted molar refractivity (Wildman–Crippen MR) is 163 cm³/mol. The Bertz CT molecular complexity index is 1170. The van der Waals surface area contributed by atoms with Crippen LogP contribution in [-0.2, 0) is 11.3 Å². The molecule has 1 aromatic carbocycles. The molecule has 2 aromatic rings. The van der Waals surface area contributed by atoms with Crippen LogP contribution in [0.25, 0.3) is 0 Å². The SMILES string of the molecule is C[C@@H]1CC2C[C@@H](CNc3nc(NCc4ccccc4Cl)ncc3C#N)C[C@@H](C2)[C@H]1NC[C@H]1CC[C@H](OCCO)CC1. The van der Waals surface area contributed by atoms with Crippen LogP contribution < -0.4 is 16.0 Å². The zero-order valence-corrected chi connectivity index (χ0v) is 25.0. The number of nitrogens with one attached hydrogen (secondary N) is 3. The van der Waals surface area contributed by atoms with Crippen LogP contribution in [-0.4, -0.2) is 53.5 Å². The lowest BCUT2D eigenvalue weighted by molar-refractivity contribution is -0.000876. The van der Waals surface area contributed by atoms with Gasteiger partial charge in [0, 0.05) is 24.2 Å². The van der Waals surface area contributed by atoms with Gasteiger partial charge in [-0.05, 0) is 99.1 Å². The number of rotatable bonds is 12. The molecule has 3 aliphatic carbocycles. The van der Waals surface area contributed by atoms with Crippen molar-refractivity contribution >= 4 is 23.4 Å². The molecule has 4 N–H and O–H groups in total. The maximum Gasteiger partial charge on any atom is 0.224 e. The number of aliphatic hydroxyl groups is 1. The average molecular weight is 581 g/mol. The summed E-state index contributed by atoms with van der Waals surface area (Å²) in [6.07, 6.45) is 11.6. The molecule has 9 heteroatoms. The molecule has 3 aliphatic rings. The van der Waals surface area contributed by atoms with E-state index in [1.54, 1.807) is 6.20 Å². The number of hydrogen-bond donors (Lipinski definition) is 4. The van der Waals surface area contributed by atoms with Crippen LogP contribution in [0.5, 0.6) is 0 Å². The quantitative estimate of drug-likeness (QED) is 0.255. The van der Waals surface area contributed by atoms with E-state index in [1.807, 2.05) is 24.3 Å². The highest BCUT2D eigenvalue weighted by Gasteiger charge is 2.41. The van der Waals surface area contributed by atoms with Crippen molar-refractivity contribution in [2.75, 3.05) is 36.9 Å². The monoisotopic (exact) mass is 580 g/mol. The number of aliphatic hydroxyl groups excluding tert-OH is 1. The number of anilines is 2. The first-order chi connectivity index (χ1) is 20.0. The van der Waals surface area contributed by atoms with Gasteiger partial charge in [-0.3, -0.25) is 0 Å². The normalized spacial score (nSPS) is 29.5. The third-order valence-electron chi connectivity index (χ3n) is 9.51. The van der Waals surface area contributed by atoms with Gasteiger partial charge in [-0.15, -0.1) is 0 Å². The van der Waals surface area contributed by atoms with Gasteiger partial charge in [0.15, 0.2) is 0 Å². The lowest BCUT2D eigenvalue weighted by Crippen LogP contribution is -2.50. The van der Waals surface area contributed by atoms with E-state index >= 15 is 0 Å². The van der Waals surface area contributed by atoms with Crippen molar-refractivity contribution in [2.24, 2.45) is 29.6 Å². The molecular weight excluding hydrogens is 536 g/mol. The van der Waals surface area contributed by atoms with Crippen molar-refractivity contribution in [3.8, 4) is 6.07 Å². The molecule has 8 nitrogen and oxygen atoms in total. The predicted octanol–water partition coefficient (Wildman–Crippen LogP) is 5.62. The Morgan fingerprint density at radius 3 is 2.66 bits per heavy atom. The van der Waals surface area contributed by atoms with Gasteiger partial charge in [-0.1, -0.05) is 36.7 Å². The van der Waals surface area contributed by atoms with E-state index in [-0.39, 0.29) is 6.61 Å². The van der Waals surface area contributed by atoms with Gasteiger partial charge in [0.25, 0.3) is 0 Å². The van der Waals surface area contributed by atoms with Crippen molar-refractivity contribution in [1.82, 2.24) is 15.3 Å². The second kappa shape index (κ2) is 14.6. The largest absolute Gasteiger partial charge is 0.394 e. The Hall–Kier alpha value is -2.44. The summed E-state index contributed by atoms with van der Waals surface area (Å²) in [7, 11) is 0. The zero-order chi connectivity index (χ0) is 28.6. The molecule has 0 amide bonds. The van der Waals surface area contributed by atoms with Gasteiger partial charge < -0.3 is 25.8 Å². The molecule has 0 saturated heterocycles. The van der Waals surface area contributed by atoms with Crippen LogP contribution in [0.2, 0.25) is 5.02 Å². The van der Waals surface area contributed by atoms with E-state index in [4.69, 9.17) is 21.4 Å². The van der Waals surface area contributed by atoms with Crippen LogP contribution in [0.3, 0.4) is 0 Å². The number of ether oxygens (including phenoxy) is 1. The van der Waals surface area contributed by atoms with Crippen molar-refractivity contribution in [2.45, 2.75) is 77.0 Å². The zero-order valence-electron chi connectivity index (χ0n) is 24.2. The van der Waals surface area contributed by atoms with Crippen molar-refractivity contribution < 1.29 is 9.84 Å². The molecule has 1 aromatic heterocycles. The topological polar surface area (TPSA) is 115 Å². The summed E-state index contributed by atoms with van der Waals surface area (Å²) in [6.45, 7) is 5.45. The highest BCUT2D eigenvalue weighted by atomic mass is 35.5. The van der Waals surface area contributed by atoms with E-state index in [2.05, 4.69) is 38.9 Å². The molecule has 3 fully saturated rings. The lowest BCUT2D eigenvalue weighted by Gasteiger charge is -2.48. The molecule has 5 rings (SSSR count). The Morgan fingerprint density at radius 2 is 1.88 bits per heavy atom. The first kappa shape index (κ1) is 30.0. The van der Waals surface area contributed by atoms with Crippen molar-refractivity contribution in [1.29, 1.82) is 5.26 Å². The van der Waals surface area contributed by atoms with Crippen LogP contribution in [0, 0.1) is 40.9 Å². The summed E-state index contributed by atoms with van der Waals surface area (Å²) in [6, 6.07) is 10.5. The molecule has 0 spiro atoms. The molecule has 5 atom stereocenters. The number of nitrogens with zero attached hydrogens (tertiary/aromatic N) is 3. The van der Waals surface area contributed by atoms with E-state index in [1.165, 1.54) is 38.5 Å². The molecule has 3 saturated carbocycles. The number of nitriles is 1. The molecule has 41 heavy (non-hydrogen) atoms. The third kappa shape index (κ3) is 8.10. The summed E-state index contributed by atoms with van der Waals surface area (Å²) in [5.41, 5.74) is 1.44. The minimum atomic E-state index is 0.112. The van der Waals surface area contributed by atoms with Gasteiger partial charge in [-0.25, -0.2) is 4.98 Å².